The van der Waals surface area contributed by atoms with E-state index < -0.39 is 6.23 Å². The van der Waals surface area contributed by atoms with E-state index in [0.29, 0.717) is 34.3 Å². The molecule has 1 aliphatic rings. The van der Waals surface area contributed by atoms with Gasteiger partial charge < -0.3 is 33.7 Å². The van der Waals surface area contributed by atoms with E-state index >= 15 is 0 Å². The van der Waals surface area contributed by atoms with Gasteiger partial charge in [-0.25, -0.2) is 0 Å². The van der Waals surface area contributed by atoms with E-state index in [0.717, 1.165) is 11.3 Å². The first-order valence-corrected chi connectivity index (χ1v) is 9.65. The van der Waals surface area contributed by atoms with Crippen LogP contribution in [0.4, 0.5) is 5.69 Å². The Morgan fingerprint density at radius 2 is 1.47 bits per heavy atom. The lowest BCUT2D eigenvalue weighted by atomic mass is 9.87. The highest BCUT2D eigenvalue weighted by molar-refractivity contribution is 5.68. The Balaban J connectivity index is 2.04. The normalized spacial score (nSPS) is 18.1. The van der Waals surface area contributed by atoms with Crippen LogP contribution in [0, 0.1) is 0 Å². The fraction of sp³-hybridized carbons (Fsp3) is 0.391. The standard InChI is InChI=1S/C23H29NO6/c1-13(2)30-18-10-15(8-9-17(18)26-4)21-14(3)23(25)24(21)16-11-19(27-5)22(29-7)20(12-16)28-6/h8-13,21,23,25H,3H2,1-2,4-7H3/t21?,23-/m0/s1. The van der Waals surface area contributed by atoms with Gasteiger partial charge in [0, 0.05) is 17.8 Å². The molecule has 0 bridgehead atoms. The number of hydrogen-bond donors (Lipinski definition) is 1. The molecule has 2 aromatic carbocycles. The summed E-state index contributed by atoms with van der Waals surface area (Å²) in [6.45, 7) is 7.99. The smallest absolute Gasteiger partial charge is 0.203 e. The highest BCUT2D eigenvalue weighted by Gasteiger charge is 2.43. The summed E-state index contributed by atoms with van der Waals surface area (Å²) in [5.41, 5.74) is 2.33. The summed E-state index contributed by atoms with van der Waals surface area (Å²) in [7, 11) is 6.28. The zero-order valence-corrected chi connectivity index (χ0v) is 18.3. The van der Waals surface area contributed by atoms with E-state index in [4.69, 9.17) is 23.7 Å². The molecule has 1 heterocycles. The molecule has 2 atom stereocenters. The van der Waals surface area contributed by atoms with Crippen molar-refractivity contribution in [3.63, 3.8) is 0 Å². The highest BCUT2D eigenvalue weighted by atomic mass is 16.5. The Morgan fingerprint density at radius 3 is 1.97 bits per heavy atom. The van der Waals surface area contributed by atoms with Crippen LogP contribution in [0.3, 0.4) is 0 Å². The van der Waals surface area contributed by atoms with Crippen LogP contribution in [0.25, 0.3) is 0 Å². The first kappa shape index (κ1) is 21.6. The van der Waals surface area contributed by atoms with Gasteiger partial charge in [0.25, 0.3) is 0 Å². The lowest BCUT2D eigenvalue weighted by Gasteiger charge is -2.49. The monoisotopic (exact) mass is 415 g/mol. The summed E-state index contributed by atoms with van der Waals surface area (Å²) in [6.07, 6.45) is -0.843. The second-order valence-electron chi connectivity index (χ2n) is 7.22. The molecule has 3 rings (SSSR count). The van der Waals surface area contributed by atoms with E-state index in [1.165, 1.54) is 0 Å². The second-order valence-corrected chi connectivity index (χ2v) is 7.22. The summed E-state index contributed by atoms with van der Waals surface area (Å²) >= 11 is 0. The Hall–Kier alpha value is -3.06. The Bertz CT molecular complexity index is 901. The SMILES string of the molecule is C=C1C(c2ccc(OC)c(OC(C)C)c2)N(c2cc(OC)c(OC)c(OC)c2)[C@H]1O. The Labute approximate surface area is 177 Å². The third kappa shape index (κ3) is 3.73. The van der Waals surface area contributed by atoms with Gasteiger partial charge in [-0.1, -0.05) is 12.6 Å². The second kappa shape index (κ2) is 8.75. The summed E-state index contributed by atoms with van der Waals surface area (Å²) in [4.78, 5) is 1.84. The van der Waals surface area contributed by atoms with Crippen molar-refractivity contribution in [1.29, 1.82) is 0 Å². The van der Waals surface area contributed by atoms with Gasteiger partial charge >= 0.3 is 0 Å². The van der Waals surface area contributed by atoms with Gasteiger partial charge in [0.05, 0.1) is 40.6 Å². The molecule has 1 aliphatic heterocycles. The van der Waals surface area contributed by atoms with E-state index in [-0.39, 0.29) is 12.1 Å². The highest BCUT2D eigenvalue weighted by Crippen LogP contribution is 2.50. The van der Waals surface area contributed by atoms with E-state index in [9.17, 15) is 5.11 Å². The lowest BCUT2D eigenvalue weighted by molar-refractivity contribution is 0.144. The Morgan fingerprint density at radius 1 is 0.867 bits per heavy atom. The number of aliphatic hydroxyl groups is 1. The average Bonchev–Trinajstić information content (AvgIpc) is 2.75. The van der Waals surface area contributed by atoms with Crippen molar-refractivity contribution < 1.29 is 28.8 Å². The summed E-state index contributed by atoms with van der Waals surface area (Å²) in [6, 6.07) is 9.09. The molecule has 30 heavy (non-hydrogen) atoms. The third-order valence-electron chi connectivity index (χ3n) is 5.04. The fourth-order valence-corrected chi connectivity index (χ4v) is 3.65. The van der Waals surface area contributed by atoms with E-state index in [1.807, 2.05) is 36.9 Å². The molecule has 1 fully saturated rings. The molecule has 0 spiro atoms. The van der Waals surface area contributed by atoms with Crippen molar-refractivity contribution in [2.24, 2.45) is 0 Å². The van der Waals surface area contributed by atoms with Crippen LogP contribution < -0.4 is 28.6 Å². The molecule has 7 nitrogen and oxygen atoms in total. The minimum atomic E-state index is -0.839. The van der Waals surface area contributed by atoms with Crippen LogP contribution in [0.5, 0.6) is 28.7 Å². The molecule has 0 amide bonds. The third-order valence-corrected chi connectivity index (χ3v) is 5.04. The van der Waals surface area contributed by atoms with Gasteiger partial charge in [-0.15, -0.1) is 0 Å². The number of aliphatic hydroxyl groups excluding tert-OH is 1. The zero-order chi connectivity index (χ0) is 22.0. The van der Waals surface area contributed by atoms with Crippen LogP contribution in [0.15, 0.2) is 42.5 Å². The van der Waals surface area contributed by atoms with Gasteiger partial charge in [-0.2, -0.15) is 0 Å². The van der Waals surface area contributed by atoms with Gasteiger partial charge in [-0.05, 0) is 37.1 Å². The van der Waals surface area contributed by atoms with Crippen molar-refractivity contribution in [2.75, 3.05) is 33.3 Å². The molecule has 162 valence electrons. The van der Waals surface area contributed by atoms with Crippen molar-refractivity contribution >= 4 is 5.69 Å². The molecule has 0 aliphatic carbocycles. The van der Waals surface area contributed by atoms with Crippen LogP contribution in [0.2, 0.25) is 0 Å². The number of benzene rings is 2. The predicted octanol–water partition coefficient (Wildman–Crippen LogP) is 3.94. The van der Waals surface area contributed by atoms with Gasteiger partial charge in [-0.3, -0.25) is 0 Å². The molecular formula is C23H29NO6. The van der Waals surface area contributed by atoms with Crippen LogP contribution in [0.1, 0.15) is 25.5 Å². The minimum absolute atomic E-state index is 0.00412. The first-order chi connectivity index (χ1) is 14.4. The number of ether oxygens (including phenoxy) is 5. The molecule has 0 aromatic heterocycles. The number of methoxy groups -OCH3 is 4. The van der Waals surface area contributed by atoms with Gasteiger partial charge in [0.1, 0.15) is 0 Å². The number of hydrogen-bond acceptors (Lipinski definition) is 7. The van der Waals surface area contributed by atoms with Crippen molar-refractivity contribution in [3.05, 3.63) is 48.0 Å². The maximum atomic E-state index is 10.7. The fourth-order valence-electron chi connectivity index (χ4n) is 3.65. The summed E-state index contributed by atoms with van der Waals surface area (Å²) in [5, 5.41) is 10.7. The lowest BCUT2D eigenvalue weighted by Crippen LogP contribution is -2.52. The first-order valence-electron chi connectivity index (χ1n) is 9.65. The quantitative estimate of drug-likeness (QED) is 0.655. The largest absolute Gasteiger partial charge is 0.493 e. The zero-order valence-electron chi connectivity index (χ0n) is 18.3. The number of rotatable bonds is 8. The topological polar surface area (TPSA) is 69.6 Å². The van der Waals surface area contributed by atoms with Crippen molar-refractivity contribution in [2.45, 2.75) is 32.2 Å². The van der Waals surface area contributed by atoms with Crippen LogP contribution >= 0.6 is 0 Å². The molecule has 7 heteroatoms. The molecule has 0 radical (unpaired) electrons. The van der Waals surface area contributed by atoms with E-state index in [2.05, 4.69) is 6.58 Å². The minimum Gasteiger partial charge on any atom is -0.493 e. The van der Waals surface area contributed by atoms with Crippen LogP contribution in [-0.2, 0) is 0 Å². The number of anilines is 1. The van der Waals surface area contributed by atoms with Gasteiger partial charge in [0.2, 0.25) is 5.75 Å². The maximum absolute atomic E-state index is 10.7. The van der Waals surface area contributed by atoms with Crippen molar-refractivity contribution in [1.82, 2.24) is 0 Å². The van der Waals surface area contributed by atoms with Crippen LogP contribution in [-0.4, -0.2) is 45.9 Å². The molecule has 2 aromatic rings. The number of nitrogens with zero attached hydrogens (tertiary/aromatic N) is 1. The predicted molar refractivity (Wildman–Crippen MR) is 115 cm³/mol. The summed E-state index contributed by atoms with van der Waals surface area (Å²) in [5.74, 6) is 2.80. The Kier molecular flexibility index (Phi) is 6.31. The molecular weight excluding hydrogens is 386 g/mol. The summed E-state index contributed by atoms with van der Waals surface area (Å²) < 4.78 is 27.7. The molecule has 1 unspecified atom stereocenters. The average molecular weight is 415 g/mol. The van der Waals surface area contributed by atoms with E-state index in [1.54, 1.807) is 40.6 Å². The van der Waals surface area contributed by atoms with Crippen molar-refractivity contribution in [3.8, 4) is 28.7 Å². The maximum Gasteiger partial charge on any atom is 0.203 e. The van der Waals surface area contributed by atoms with Gasteiger partial charge in [0.15, 0.2) is 29.2 Å². The molecule has 1 saturated heterocycles. The molecule has 0 saturated carbocycles. The molecule has 1 N–H and O–H groups in total.